The zero-order valence-corrected chi connectivity index (χ0v) is 10.9. The quantitative estimate of drug-likeness (QED) is 0.708. The van der Waals surface area contributed by atoms with Crippen LogP contribution in [0.1, 0.15) is 33.6 Å². The third-order valence-electron chi connectivity index (χ3n) is 1.99. The molecule has 0 amide bonds. The van der Waals surface area contributed by atoms with Crippen LogP contribution in [0.2, 0.25) is 0 Å². The number of hydrogen-bond acceptors (Lipinski definition) is 6. The van der Waals surface area contributed by atoms with Crippen LogP contribution in [0.4, 0.5) is 11.9 Å². The Hall–Kier alpha value is -1.59. The molecule has 0 radical (unpaired) electrons. The third kappa shape index (κ3) is 4.84. The summed E-state index contributed by atoms with van der Waals surface area (Å²) in [5, 5.41) is 6.04. The van der Waals surface area contributed by atoms with E-state index in [-0.39, 0.29) is 6.10 Å². The van der Waals surface area contributed by atoms with Crippen LogP contribution < -0.4 is 15.4 Å². The molecule has 0 aromatic carbocycles. The second-order valence-corrected chi connectivity index (χ2v) is 3.96. The number of aromatic nitrogens is 3. The zero-order valence-electron chi connectivity index (χ0n) is 10.9. The van der Waals surface area contributed by atoms with E-state index >= 15 is 0 Å². The standard InChI is InChI=1S/C11H21N5O/c1-5-6-7-13-10-14-9(12-4)15-11(16-10)17-8(2)3/h8H,5-7H2,1-4H3,(H2,12,13,14,15,16). The molecule has 0 aliphatic heterocycles. The molecule has 0 aliphatic rings. The van der Waals surface area contributed by atoms with E-state index in [1.54, 1.807) is 7.05 Å². The molecule has 0 unspecified atom stereocenters. The highest BCUT2D eigenvalue weighted by molar-refractivity contribution is 5.35. The Morgan fingerprint density at radius 1 is 1.18 bits per heavy atom. The Morgan fingerprint density at radius 2 is 1.88 bits per heavy atom. The van der Waals surface area contributed by atoms with Crippen LogP contribution in [-0.2, 0) is 0 Å². The lowest BCUT2D eigenvalue weighted by atomic mass is 10.3. The second-order valence-electron chi connectivity index (χ2n) is 3.96. The van der Waals surface area contributed by atoms with Gasteiger partial charge in [-0.3, -0.25) is 0 Å². The molecule has 1 aromatic rings. The Kier molecular flexibility index (Phi) is 5.45. The zero-order chi connectivity index (χ0) is 12.7. The molecule has 0 bridgehead atoms. The monoisotopic (exact) mass is 239 g/mol. The fraction of sp³-hybridized carbons (Fsp3) is 0.727. The fourth-order valence-corrected chi connectivity index (χ4v) is 1.19. The maximum atomic E-state index is 5.46. The number of nitrogens with one attached hydrogen (secondary N) is 2. The highest BCUT2D eigenvalue weighted by Crippen LogP contribution is 2.12. The topological polar surface area (TPSA) is 72.0 Å². The minimum Gasteiger partial charge on any atom is -0.461 e. The van der Waals surface area contributed by atoms with Gasteiger partial charge in [-0.2, -0.15) is 15.0 Å². The van der Waals surface area contributed by atoms with Crippen LogP contribution in [-0.4, -0.2) is 34.6 Å². The van der Waals surface area contributed by atoms with Crippen LogP contribution >= 0.6 is 0 Å². The van der Waals surface area contributed by atoms with Crippen molar-refractivity contribution in [3.63, 3.8) is 0 Å². The van der Waals surface area contributed by atoms with Gasteiger partial charge in [0.2, 0.25) is 11.9 Å². The highest BCUT2D eigenvalue weighted by atomic mass is 16.5. The predicted octanol–water partition coefficient (Wildman–Crippen LogP) is 1.91. The summed E-state index contributed by atoms with van der Waals surface area (Å²) in [4.78, 5) is 12.5. The molecule has 0 saturated heterocycles. The highest BCUT2D eigenvalue weighted by Gasteiger charge is 2.07. The molecular weight excluding hydrogens is 218 g/mol. The number of hydrogen-bond donors (Lipinski definition) is 2. The van der Waals surface area contributed by atoms with Crippen LogP contribution in [0.5, 0.6) is 6.01 Å². The number of unbranched alkanes of at least 4 members (excludes halogenated alkanes) is 1. The van der Waals surface area contributed by atoms with Crippen LogP contribution in [0.15, 0.2) is 0 Å². The molecule has 2 N–H and O–H groups in total. The SMILES string of the molecule is CCCCNc1nc(NC)nc(OC(C)C)n1. The summed E-state index contributed by atoms with van der Waals surface area (Å²) < 4.78 is 5.46. The number of anilines is 2. The third-order valence-corrected chi connectivity index (χ3v) is 1.99. The molecule has 6 heteroatoms. The largest absolute Gasteiger partial charge is 0.461 e. The fourth-order valence-electron chi connectivity index (χ4n) is 1.19. The molecule has 1 rings (SSSR count). The first-order chi connectivity index (χ1) is 8.15. The van der Waals surface area contributed by atoms with E-state index in [2.05, 4.69) is 32.5 Å². The van der Waals surface area contributed by atoms with Crippen LogP contribution in [0.25, 0.3) is 0 Å². The van der Waals surface area contributed by atoms with Crippen molar-refractivity contribution >= 4 is 11.9 Å². The second kappa shape index (κ2) is 6.88. The lowest BCUT2D eigenvalue weighted by Crippen LogP contribution is -2.13. The van der Waals surface area contributed by atoms with Crippen molar-refractivity contribution < 1.29 is 4.74 Å². The summed E-state index contributed by atoms with van der Waals surface area (Å²) in [6, 6.07) is 0.346. The maximum Gasteiger partial charge on any atom is 0.323 e. The van der Waals surface area contributed by atoms with Crippen molar-refractivity contribution in [1.29, 1.82) is 0 Å². The smallest absolute Gasteiger partial charge is 0.323 e. The molecule has 0 saturated carbocycles. The Labute approximate surface area is 102 Å². The van der Waals surface area contributed by atoms with Gasteiger partial charge in [-0.1, -0.05) is 13.3 Å². The van der Waals surface area contributed by atoms with Gasteiger partial charge in [0.1, 0.15) is 0 Å². The van der Waals surface area contributed by atoms with Gasteiger partial charge in [0.15, 0.2) is 0 Å². The molecule has 0 atom stereocenters. The average molecular weight is 239 g/mol. The van der Waals surface area contributed by atoms with Crippen LogP contribution in [0.3, 0.4) is 0 Å². The van der Waals surface area contributed by atoms with Crippen molar-refractivity contribution in [2.24, 2.45) is 0 Å². The molecule has 96 valence electrons. The summed E-state index contributed by atoms with van der Waals surface area (Å²) in [5.74, 6) is 1.06. The van der Waals surface area contributed by atoms with Gasteiger partial charge >= 0.3 is 6.01 Å². The number of rotatable bonds is 7. The van der Waals surface area contributed by atoms with Gasteiger partial charge in [0, 0.05) is 13.6 Å². The molecule has 1 aromatic heterocycles. The first-order valence-corrected chi connectivity index (χ1v) is 6.00. The van der Waals surface area contributed by atoms with E-state index in [0.717, 1.165) is 19.4 Å². The average Bonchev–Trinajstić information content (AvgIpc) is 2.28. The molecule has 17 heavy (non-hydrogen) atoms. The van der Waals surface area contributed by atoms with Crippen molar-refractivity contribution in [3.05, 3.63) is 0 Å². The van der Waals surface area contributed by atoms with Gasteiger partial charge in [0.25, 0.3) is 0 Å². The van der Waals surface area contributed by atoms with E-state index in [1.165, 1.54) is 0 Å². The summed E-state index contributed by atoms with van der Waals surface area (Å²) in [6.07, 6.45) is 2.26. The van der Waals surface area contributed by atoms with E-state index < -0.39 is 0 Å². The Bertz CT molecular complexity index is 343. The van der Waals surface area contributed by atoms with Gasteiger partial charge in [-0.05, 0) is 20.3 Å². The normalized spacial score (nSPS) is 10.4. The van der Waals surface area contributed by atoms with Crippen molar-refractivity contribution in [2.45, 2.75) is 39.7 Å². The van der Waals surface area contributed by atoms with Gasteiger partial charge in [-0.15, -0.1) is 0 Å². The Morgan fingerprint density at radius 3 is 2.47 bits per heavy atom. The van der Waals surface area contributed by atoms with Gasteiger partial charge < -0.3 is 15.4 Å². The van der Waals surface area contributed by atoms with Crippen molar-refractivity contribution in [3.8, 4) is 6.01 Å². The van der Waals surface area contributed by atoms with Crippen molar-refractivity contribution in [1.82, 2.24) is 15.0 Å². The molecule has 0 fully saturated rings. The van der Waals surface area contributed by atoms with Gasteiger partial charge in [0.05, 0.1) is 6.10 Å². The minimum atomic E-state index is 0.0468. The molecule has 1 heterocycles. The summed E-state index contributed by atoms with van der Waals surface area (Å²) >= 11 is 0. The van der Waals surface area contributed by atoms with E-state index in [4.69, 9.17) is 4.74 Å². The van der Waals surface area contributed by atoms with Crippen molar-refractivity contribution in [2.75, 3.05) is 24.2 Å². The number of ether oxygens (including phenoxy) is 1. The lowest BCUT2D eigenvalue weighted by Gasteiger charge is -2.10. The summed E-state index contributed by atoms with van der Waals surface area (Å²) in [5.41, 5.74) is 0. The molecular formula is C11H21N5O. The van der Waals surface area contributed by atoms with Crippen LogP contribution in [0, 0.1) is 0 Å². The molecule has 0 aliphatic carbocycles. The number of nitrogens with zero attached hydrogens (tertiary/aromatic N) is 3. The maximum absolute atomic E-state index is 5.46. The molecule has 6 nitrogen and oxygen atoms in total. The minimum absolute atomic E-state index is 0.0468. The van der Waals surface area contributed by atoms with Gasteiger partial charge in [-0.25, -0.2) is 0 Å². The van der Waals surface area contributed by atoms with E-state index in [0.29, 0.717) is 17.9 Å². The first kappa shape index (κ1) is 13.5. The predicted molar refractivity (Wildman–Crippen MR) is 68.5 cm³/mol. The summed E-state index contributed by atoms with van der Waals surface area (Å²) in [6.45, 7) is 6.87. The van der Waals surface area contributed by atoms with E-state index in [9.17, 15) is 0 Å². The van der Waals surface area contributed by atoms with E-state index in [1.807, 2.05) is 13.8 Å². The first-order valence-electron chi connectivity index (χ1n) is 6.00. The molecule has 0 spiro atoms. The Balaban J connectivity index is 2.74. The lowest BCUT2D eigenvalue weighted by molar-refractivity contribution is 0.222. The summed E-state index contributed by atoms with van der Waals surface area (Å²) in [7, 11) is 1.77.